The molecule has 0 aromatic heterocycles. The van der Waals surface area contributed by atoms with E-state index in [4.69, 9.17) is 0 Å². The summed E-state index contributed by atoms with van der Waals surface area (Å²) in [5, 5.41) is 3.06. The second-order valence-corrected chi connectivity index (χ2v) is 8.76. The predicted octanol–water partition coefficient (Wildman–Crippen LogP) is 0.0693. The van der Waals surface area contributed by atoms with E-state index >= 15 is 0 Å². The summed E-state index contributed by atoms with van der Waals surface area (Å²) in [6, 6.07) is 16.3. The highest BCUT2D eigenvalue weighted by Crippen LogP contribution is 2.26. The molecule has 2 aromatic rings. The van der Waals surface area contributed by atoms with Crippen LogP contribution in [0.2, 0.25) is 0 Å². The fourth-order valence-electron chi connectivity index (χ4n) is 3.24. The van der Waals surface area contributed by atoms with Gasteiger partial charge in [-0.3, -0.25) is 4.79 Å². The van der Waals surface area contributed by atoms with Crippen LogP contribution in [0.1, 0.15) is 17.2 Å². The second kappa shape index (κ2) is 8.12. The normalized spacial score (nSPS) is 15.6. The first-order valence-corrected chi connectivity index (χ1v) is 10.5. The third kappa shape index (κ3) is 4.40. The zero-order valence-electron chi connectivity index (χ0n) is 16.2. The van der Waals surface area contributed by atoms with Gasteiger partial charge < -0.3 is 15.1 Å². The average Bonchev–Trinajstić information content (AvgIpc) is 2.93. The largest absolute Gasteiger partial charge is 0.349 e. The molecule has 0 aliphatic carbocycles. The number of carbonyl (C=O) groups excluding carboxylic acids is 1. The van der Waals surface area contributed by atoms with E-state index in [1.54, 1.807) is 30.1 Å². The maximum Gasteiger partial charge on any atom is 0.285 e. The Kier molecular flexibility index (Phi) is 5.81. The molecule has 1 aliphatic heterocycles. The van der Waals surface area contributed by atoms with E-state index in [1.807, 2.05) is 44.4 Å². The topological polar surface area (TPSA) is 83.3 Å². The number of amides is 1. The maximum atomic E-state index is 12.7. The number of carbonyl (C=O) groups is 1. The minimum atomic E-state index is -3.71. The number of hydrogen-bond acceptors (Lipinski definition) is 4. The van der Waals surface area contributed by atoms with Crippen LogP contribution in [0.5, 0.6) is 0 Å². The summed E-state index contributed by atoms with van der Waals surface area (Å²) in [6.07, 6.45) is 0. The van der Waals surface area contributed by atoms with Gasteiger partial charge in [-0.1, -0.05) is 42.5 Å². The minimum Gasteiger partial charge on any atom is -0.349 e. The molecule has 1 amide bonds. The number of sulfonamides is 1. The SMILES string of the molecule is CN(CC(=O)N[C@@H](C[NH+](C)C)c1ccccc1)C1=NS(=O)(=O)c2ccccc21. The molecule has 7 nitrogen and oxygen atoms in total. The van der Waals surface area contributed by atoms with Gasteiger partial charge in [0, 0.05) is 12.6 Å². The van der Waals surface area contributed by atoms with E-state index in [-0.39, 0.29) is 23.4 Å². The van der Waals surface area contributed by atoms with Gasteiger partial charge >= 0.3 is 0 Å². The number of benzene rings is 2. The molecule has 1 atom stereocenters. The van der Waals surface area contributed by atoms with Gasteiger partial charge in [0.05, 0.1) is 20.6 Å². The van der Waals surface area contributed by atoms with Gasteiger partial charge in [0.2, 0.25) is 5.91 Å². The summed E-state index contributed by atoms with van der Waals surface area (Å²) in [5.74, 6) is 0.0994. The minimum absolute atomic E-state index is 0.00871. The highest BCUT2D eigenvalue weighted by atomic mass is 32.2. The van der Waals surface area contributed by atoms with E-state index in [9.17, 15) is 13.2 Å². The number of likely N-dealkylation sites (N-methyl/N-ethyl adjacent to an activating group) is 2. The zero-order valence-corrected chi connectivity index (χ0v) is 17.0. The molecule has 0 saturated heterocycles. The van der Waals surface area contributed by atoms with Crippen LogP contribution in [0.4, 0.5) is 0 Å². The molecule has 28 heavy (non-hydrogen) atoms. The number of hydrogen-bond donors (Lipinski definition) is 2. The summed E-state index contributed by atoms with van der Waals surface area (Å²) in [7, 11) is 2.03. The van der Waals surface area contributed by atoms with Gasteiger partial charge in [-0.05, 0) is 17.7 Å². The molecule has 8 heteroatoms. The number of nitrogens with zero attached hydrogens (tertiary/aromatic N) is 2. The second-order valence-electron chi connectivity index (χ2n) is 7.18. The fourth-order valence-corrected chi connectivity index (χ4v) is 4.49. The molecule has 2 N–H and O–H groups in total. The molecule has 3 rings (SSSR count). The molecule has 0 bridgehead atoms. The smallest absolute Gasteiger partial charge is 0.285 e. The molecule has 0 radical (unpaired) electrons. The molecular weight excluding hydrogens is 376 g/mol. The first-order chi connectivity index (χ1) is 13.3. The lowest BCUT2D eigenvalue weighted by Crippen LogP contribution is -3.06. The van der Waals surface area contributed by atoms with E-state index < -0.39 is 10.0 Å². The van der Waals surface area contributed by atoms with Crippen molar-refractivity contribution in [2.45, 2.75) is 10.9 Å². The zero-order chi connectivity index (χ0) is 20.3. The van der Waals surface area contributed by atoms with Crippen LogP contribution in [0.25, 0.3) is 0 Å². The van der Waals surface area contributed by atoms with Crippen molar-refractivity contribution in [2.24, 2.45) is 4.40 Å². The lowest BCUT2D eigenvalue weighted by atomic mass is 10.1. The van der Waals surface area contributed by atoms with E-state index in [1.165, 1.54) is 11.0 Å². The van der Waals surface area contributed by atoms with E-state index in [0.29, 0.717) is 11.4 Å². The monoisotopic (exact) mass is 401 g/mol. The van der Waals surface area contributed by atoms with E-state index in [2.05, 4.69) is 9.71 Å². The highest BCUT2D eigenvalue weighted by molar-refractivity contribution is 7.90. The summed E-state index contributed by atoms with van der Waals surface area (Å²) in [5.41, 5.74) is 1.56. The Balaban J connectivity index is 1.74. The average molecular weight is 402 g/mol. The van der Waals surface area contributed by atoms with Gasteiger partial charge in [-0.15, -0.1) is 4.40 Å². The Morgan fingerprint density at radius 3 is 2.43 bits per heavy atom. The Hall–Kier alpha value is -2.71. The number of fused-ring (bicyclic) bond motifs is 1. The molecule has 148 valence electrons. The third-order valence-electron chi connectivity index (χ3n) is 4.50. The van der Waals surface area contributed by atoms with Crippen molar-refractivity contribution in [1.29, 1.82) is 0 Å². The summed E-state index contributed by atoms with van der Waals surface area (Å²) in [4.78, 5) is 15.6. The van der Waals surface area contributed by atoms with Crippen molar-refractivity contribution in [1.82, 2.24) is 10.2 Å². The summed E-state index contributed by atoms with van der Waals surface area (Å²) >= 11 is 0. The van der Waals surface area contributed by atoms with Crippen molar-refractivity contribution in [3.8, 4) is 0 Å². The van der Waals surface area contributed by atoms with Crippen molar-refractivity contribution >= 4 is 21.8 Å². The number of nitrogens with one attached hydrogen (secondary N) is 2. The molecule has 0 fully saturated rings. The maximum absolute atomic E-state index is 12.7. The quantitative estimate of drug-likeness (QED) is 0.718. The molecule has 0 unspecified atom stereocenters. The van der Waals surface area contributed by atoms with Gasteiger partial charge in [0.15, 0.2) is 5.84 Å². The summed E-state index contributed by atoms with van der Waals surface area (Å²) in [6.45, 7) is 0.742. The molecule has 0 saturated carbocycles. The van der Waals surface area contributed by atoms with Crippen LogP contribution < -0.4 is 10.2 Å². The lowest BCUT2D eigenvalue weighted by Gasteiger charge is -2.23. The molecular formula is C20H25N4O3S+. The first kappa shape index (κ1) is 20.0. The van der Waals surface area contributed by atoms with Gasteiger partial charge in [-0.25, -0.2) is 0 Å². The van der Waals surface area contributed by atoms with Crippen LogP contribution >= 0.6 is 0 Å². The number of amidine groups is 1. The Labute approximate surface area is 165 Å². The molecule has 1 aliphatic rings. The van der Waals surface area contributed by atoms with Gasteiger partial charge in [0.25, 0.3) is 10.0 Å². The molecule has 0 spiro atoms. The first-order valence-electron chi connectivity index (χ1n) is 9.07. The van der Waals surface area contributed by atoms with Crippen molar-refractivity contribution in [2.75, 3.05) is 34.2 Å². The highest BCUT2D eigenvalue weighted by Gasteiger charge is 2.31. The Morgan fingerprint density at radius 2 is 1.75 bits per heavy atom. The fraction of sp³-hybridized carbons (Fsp3) is 0.300. The van der Waals surface area contributed by atoms with Crippen molar-refractivity contribution in [3.05, 3.63) is 65.7 Å². The molecule has 2 aromatic carbocycles. The van der Waals surface area contributed by atoms with Gasteiger partial charge in [0.1, 0.15) is 17.5 Å². The van der Waals surface area contributed by atoms with Crippen molar-refractivity contribution in [3.63, 3.8) is 0 Å². The van der Waals surface area contributed by atoms with Gasteiger partial charge in [-0.2, -0.15) is 8.42 Å². The Bertz CT molecular complexity index is 988. The van der Waals surface area contributed by atoms with Crippen LogP contribution in [-0.4, -0.2) is 59.3 Å². The van der Waals surface area contributed by atoms with Crippen molar-refractivity contribution < 1.29 is 18.1 Å². The lowest BCUT2D eigenvalue weighted by molar-refractivity contribution is -0.860. The van der Waals surface area contributed by atoms with Crippen LogP contribution in [0.3, 0.4) is 0 Å². The number of quaternary nitrogens is 1. The Morgan fingerprint density at radius 1 is 1.11 bits per heavy atom. The summed E-state index contributed by atoms with van der Waals surface area (Å²) < 4.78 is 28.3. The predicted molar refractivity (Wildman–Crippen MR) is 108 cm³/mol. The van der Waals surface area contributed by atoms with Crippen LogP contribution in [-0.2, 0) is 14.8 Å². The molecule has 1 heterocycles. The van der Waals surface area contributed by atoms with E-state index in [0.717, 1.165) is 12.1 Å². The third-order valence-corrected chi connectivity index (χ3v) is 5.83. The van der Waals surface area contributed by atoms with Crippen LogP contribution in [0, 0.1) is 0 Å². The number of rotatable bonds is 6. The standard InChI is InChI=1S/C20H24N4O3S/c1-23(2)13-17(15-9-5-4-6-10-15)21-19(25)14-24(3)20-16-11-7-8-12-18(16)28(26,27)22-20/h4-12,17H,13-14H2,1-3H3,(H,21,25)/p+1/t17-/m0/s1. The van der Waals surface area contributed by atoms with Crippen LogP contribution in [0.15, 0.2) is 63.9 Å².